The Bertz CT molecular complexity index is 160. The molecule has 3 unspecified atom stereocenters. The van der Waals surface area contributed by atoms with Gasteiger partial charge in [-0.25, -0.2) is 0 Å². The lowest BCUT2D eigenvalue weighted by Crippen LogP contribution is -2.54. The van der Waals surface area contributed by atoms with Gasteiger partial charge >= 0.3 is 0 Å². The van der Waals surface area contributed by atoms with Crippen LogP contribution in [-0.4, -0.2) is 45.3 Å². The second-order valence-electron chi connectivity index (χ2n) is 4.11. The van der Waals surface area contributed by atoms with Crippen molar-refractivity contribution in [2.45, 2.75) is 38.9 Å². The van der Waals surface area contributed by atoms with Crippen molar-refractivity contribution in [3.8, 4) is 0 Å². The third kappa shape index (κ3) is 2.67. The van der Waals surface area contributed by atoms with E-state index in [0.29, 0.717) is 6.42 Å². The first kappa shape index (κ1) is 13.8. The van der Waals surface area contributed by atoms with Crippen molar-refractivity contribution in [2.24, 2.45) is 11.8 Å². The van der Waals surface area contributed by atoms with Gasteiger partial charge in [0.15, 0.2) is 0 Å². The topological polar surface area (TPSA) is 80.9 Å². The van der Waals surface area contributed by atoms with E-state index < -0.39 is 24.2 Å². The average Bonchev–Trinajstić information content (AvgIpc) is 2.16. The Morgan fingerprint density at radius 1 is 1.21 bits per heavy atom. The maximum Gasteiger partial charge on any atom is 0.119 e. The molecule has 0 bridgehead atoms. The minimum absolute atomic E-state index is 0.00153. The van der Waals surface area contributed by atoms with Crippen molar-refractivity contribution in [3.63, 3.8) is 0 Å². The smallest absolute Gasteiger partial charge is 0.119 e. The van der Waals surface area contributed by atoms with Crippen molar-refractivity contribution in [2.75, 3.05) is 13.2 Å². The summed E-state index contributed by atoms with van der Waals surface area (Å²) in [6.07, 6.45) is -0.660. The van der Waals surface area contributed by atoms with Crippen LogP contribution in [0.3, 0.4) is 0 Å². The molecule has 0 rings (SSSR count). The summed E-state index contributed by atoms with van der Waals surface area (Å²) in [4.78, 5) is 0. The molecule has 14 heavy (non-hydrogen) atoms. The normalized spacial score (nSPS) is 20.6. The van der Waals surface area contributed by atoms with E-state index in [1.54, 1.807) is 6.92 Å². The SMILES string of the molecule is CCC(O)C(O)(CO)C(CO)C(C)C. The second-order valence-corrected chi connectivity index (χ2v) is 4.11. The summed E-state index contributed by atoms with van der Waals surface area (Å²) < 4.78 is 0. The molecule has 0 aliphatic rings. The zero-order valence-corrected chi connectivity index (χ0v) is 9.14. The van der Waals surface area contributed by atoms with Crippen molar-refractivity contribution in [1.29, 1.82) is 0 Å². The molecule has 0 aromatic heterocycles. The summed E-state index contributed by atoms with van der Waals surface area (Å²) in [5.74, 6) is -0.513. The first-order chi connectivity index (χ1) is 6.43. The summed E-state index contributed by atoms with van der Waals surface area (Å²) in [6, 6.07) is 0. The largest absolute Gasteiger partial charge is 0.396 e. The molecular weight excluding hydrogens is 184 g/mol. The molecule has 0 aromatic rings. The Kier molecular flexibility index (Phi) is 5.59. The van der Waals surface area contributed by atoms with Crippen LogP contribution < -0.4 is 0 Å². The quantitative estimate of drug-likeness (QED) is 0.483. The van der Waals surface area contributed by atoms with Crippen molar-refractivity contribution >= 4 is 0 Å². The van der Waals surface area contributed by atoms with Gasteiger partial charge in [-0.3, -0.25) is 0 Å². The summed E-state index contributed by atoms with van der Waals surface area (Å²) in [7, 11) is 0. The Labute approximate surface area is 85.2 Å². The van der Waals surface area contributed by atoms with Crippen LogP contribution in [-0.2, 0) is 0 Å². The van der Waals surface area contributed by atoms with Crippen molar-refractivity contribution < 1.29 is 20.4 Å². The van der Waals surface area contributed by atoms with Crippen LogP contribution in [0.1, 0.15) is 27.2 Å². The third-order valence-electron chi connectivity index (χ3n) is 2.86. The first-order valence-electron chi connectivity index (χ1n) is 5.06. The molecule has 4 heteroatoms. The van der Waals surface area contributed by atoms with Crippen LogP contribution in [0.5, 0.6) is 0 Å². The molecule has 0 fully saturated rings. The standard InChI is InChI=1S/C10H22O4/c1-4-9(13)10(14,6-12)8(5-11)7(2)3/h7-9,11-14H,4-6H2,1-3H3. The second kappa shape index (κ2) is 5.66. The van der Waals surface area contributed by atoms with Crippen LogP contribution in [0.15, 0.2) is 0 Å². The van der Waals surface area contributed by atoms with Crippen LogP contribution in [0, 0.1) is 11.8 Å². The lowest BCUT2D eigenvalue weighted by atomic mass is 9.76. The Morgan fingerprint density at radius 2 is 1.71 bits per heavy atom. The van der Waals surface area contributed by atoms with E-state index in [-0.39, 0.29) is 12.5 Å². The Hall–Kier alpha value is -0.160. The summed E-state index contributed by atoms with van der Waals surface area (Å²) >= 11 is 0. The fraction of sp³-hybridized carbons (Fsp3) is 1.00. The van der Waals surface area contributed by atoms with E-state index in [4.69, 9.17) is 10.2 Å². The predicted octanol–water partition coefficient (Wildman–Crippen LogP) is -0.255. The van der Waals surface area contributed by atoms with Gasteiger partial charge in [-0.2, -0.15) is 0 Å². The lowest BCUT2D eigenvalue weighted by molar-refractivity contribution is -0.160. The van der Waals surface area contributed by atoms with Crippen LogP contribution in [0.4, 0.5) is 0 Å². The number of rotatable bonds is 6. The molecule has 0 aliphatic heterocycles. The van der Waals surface area contributed by atoms with Gasteiger partial charge < -0.3 is 20.4 Å². The number of hydrogen-bond donors (Lipinski definition) is 4. The average molecular weight is 206 g/mol. The monoisotopic (exact) mass is 206 g/mol. The van der Waals surface area contributed by atoms with Gasteiger partial charge in [0.1, 0.15) is 5.60 Å². The Balaban J connectivity index is 4.79. The third-order valence-corrected chi connectivity index (χ3v) is 2.86. The molecule has 0 aliphatic carbocycles. The first-order valence-corrected chi connectivity index (χ1v) is 5.06. The molecule has 0 aromatic carbocycles. The van der Waals surface area contributed by atoms with Gasteiger partial charge in [-0.1, -0.05) is 20.8 Å². The van der Waals surface area contributed by atoms with Crippen molar-refractivity contribution in [1.82, 2.24) is 0 Å². The highest BCUT2D eigenvalue weighted by molar-refractivity contribution is 4.93. The summed E-state index contributed by atoms with van der Waals surface area (Å²) in [6.45, 7) is 4.62. The minimum Gasteiger partial charge on any atom is -0.396 e. The summed E-state index contributed by atoms with van der Waals surface area (Å²) in [5.41, 5.74) is -1.60. The summed E-state index contributed by atoms with van der Waals surface area (Å²) in [5, 5.41) is 37.9. The highest BCUT2D eigenvalue weighted by Gasteiger charge is 2.43. The zero-order chi connectivity index (χ0) is 11.4. The minimum atomic E-state index is -1.60. The lowest BCUT2D eigenvalue weighted by Gasteiger charge is -2.39. The zero-order valence-electron chi connectivity index (χ0n) is 9.14. The van der Waals surface area contributed by atoms with Gasteiger partial charge in [0, 0.05) is 12.5 Å². The molecule has 0 radical (unpaired) electrons. The van der Waals surface area contributed by atoms with E-state index in [1.807, 2.05) is 13.8 Å². The van der Waals surface area contributed by atoms with Gasteiger partial charge in [0.25, 0.3) is 0 Å². The highest BCUT2D eigenvalue weighted by Crippen LogP contribution is 2.29. The molecule has 0 saturated heterocycles. The number of hydrogen-bond acceptors (Lipinski definition) is 4. The van der Waals surface area contributed by atoms with E-state index in [1.165, 1.54) is 0 Å². The number of aliphatic hydroxyl groups excluding tert-OH is 3. The number of aliphatic hydroxyl groups is 4. The molecule has 86 valence electrons. The molecule has 0 saturated carbocycles. The molecular formula is C10H22O4. The highest BCUT2D eigenvalue weighted by atomic mass is 16.4. The maximum atomic E-state index is 10.1. The van der Waals surface area contributed by atoms with Crippen LogP contribution in [0.25, 0.3) is 0 Å². The van der Waals surface area contributed by atoms with Crippen LogP contribution in [0.2, 0.25) is 0 Å². The fourth-order valence-corrected chi connectivity index (χ4v) is 1.77. The van der Waals surface area contributed by atoms with E-state index in [9.17, 15) is 10.2 Å². The molecule has 4 nitrogen and oxygen atoms in total. The molecule has 0 heterocycles. The van der Waals surface area contributed by atoms with E-state index in [0.717, 1.165) is 0 Å². The van der Waals surface area contributed by atoms with Crippen molar-refractivity contribution in [3.05, 3.63) is 0 Å². The molecule has 3 atom stereocenters. The molecule has 0 spiro atoms. The van der Waals surface area contributed by atoms with Gasteiger partial charge in [0.05, 0.1) is 12.7 Å². The van der Waals surface area contributed by atoms with Gasteiger partial charge in [0.2, 0.25) is 0 Å². The van der Waals surface area contributed by atoms with E-state index >= 15 is 0 Å². The van der Waals surface area contributed by atoms with Gasteiger partial charge in [-0.05, 0) is 12.3 Å². The predicted molar refractivity (Wildman–Crippen MR) is 53.7 cm³/mol. The molecule has 0 amide bonds. The van der Waals surface area contributed by atoms with E-state index in [2.05, 4.69) is 0 Å². The van der Waals surface area contributed by atoms with Gasteiger partial charge in [-0.15, -0.1) is 0 Å². The molecule has 4 N–H and O–H groups in total. The Morgan fingerprint density at radius 3 is 1.93 bits per heavy atom. The fourth-order valence-electron chi connectivity index (χ4n) is 1.77. The van der Waals surface area contributed by atoms with Crippen LogP contribution >= 0.6 is 0 Å². The maximum absolute atomic E-state index is 10.1.